The van der Waals surface area contributed by atoms with Crippen molar-refractivity contribution in [2.45, 2.75) is 11.9 Å². The zero-order valence-corrected chi connectivity index (χ0v) is 8.64. The quantitative estimate of drug-likeness (QED) is 0.655. The van der Waals surface area contributed by atoms with Crippen LogP contribution in [0.25, 0.3) is 0 Å². The molecule has 2 rings (SSSR count). The average molecular weight is 209 g/mol. The van der Waals surface area contributed by atoms with E-state index < -0.39 is 0 Å². The van der Waals surface area contributed by atoms with E-state index in [9.17, 15) is 0 Å². The summed E-state index contributed by atoms with van der Waals surface area (Å²) in [6.45, 7) is 3.63. The second-order valence-electron chi connectivity index (χ2n) is 2.92. The molecule has 74 valence electrons. The first-order valence-electron chi connectivity index (χ1n) is 4.31. The number of nitrogens with zero attached hydrogens (tertiary/aromatic N) is 3. The summed E-state index contributed by atoms with van der Waals surface area (Å²) in [6, 6.07) is 1.89. The van der Waals surface area contributed by atoms with Gasteiger partial charge < -0.3 is 11.1 Å². The predicted molar refractivity (Wildman–Crippen MR) is 57.3 cm³/mol. The zero-order chi connectivity index (χ0) is 9.97. The fourth-order valence-electron chi connectivity index (χ4n) is 1.16. The van der Waals surface area contributed by atoms with Crippen molar-refractivity contribution in [3.63, 3.8) is 0 Å². The number of thioether (sulfide) groups is 1. The van der Waals surface area contributed by atoms with Gasteiger partial charge in [-0.1, -0.05) is 0 Å². The lowest BCUT2D eigenvalue weighted by atomic mass is 10.5. The third kappa shape index (κ3) is 2.14. The summed E-state index contributed by atoms with van der Waals surface area (Å²) in [5, 5.41) is 4.90. The van der Waals surface area contributed by atoms with Crippen LogP contribution >= 0.6 is 11.8 Å². The largest absolute Gasteiger partial charge is 0.368 e. The molecule has 0 saturated carbocycles. The van der Waals surface area contributed by atoms with Crippen LogP contribution in [0.2, 0.25) is 0 Å². The molecule has 0 spiro atoms. The minimum Gasteiger partial charge on any atom is -0.368 e. The van der Waals surface area contributed by atoms with E-state index in [-0.39, 0.29) is 0 Å². The van der Waals surface area contributed by atoms with Crippen molar-refractivity contribution in [1.29, 1.82) is 0 Å². The summed E-state index contributed by atoms with van der Waals surface area (Å²) < 4.78 is 0. The Bertz CT molecular complexity index is 356. The number of hydrogen-bond acceptors (Lipinski definition) is 6. The smallest absolute Gasteiger partial charge is 0.221 e. The summed E-state index contributed by atoms with van der Waals surface area (Å²) in [6.07, 6.45) is 0. The van der Waals surface area contributed by atoms with Gasteiger partial charge in [0.05, 0.1) is 6.54 Å². The van der Waals surface area contributed by atoms with Crippen molar-refractivity contribution in [2.75, 3.05) is 18.8 Å². The van der Waals surface area contributed by atoms with Crippen molar-refractivity contribution >= 4 is 22.9 Å². The van der Waals surface area contributed by atoms with E-state index in [4.69, 9.17) is 5.73 Å². The minimum absolute atomic E-state index is 0.311. The van der Waals surface area contributed by atoms with Gasteiger partial charge in [-0.05, 0) is 24.8 Å². The van der Waals surface area contributed by atoms with Crippen LogP contribution < -0.4 is 11.1 Å². The van der Waals surface area contributed by atoms with Crippen molar-refractivity contribution in [1.82, 2.24) is 15.3 Å². The summed E-state index contributed by atoms with van der Waals surface area (Å²) in [5.74, 6) is 0.311. The highest BCUT2D eigenvalue weighted by atomic mass is 32.2. The van der Waals surface area contributed by atoms with E-state index in [1.165, 1.54) is 11.8 Å². The van der Waals surface area contributed by atoms with Crippen molar-refractivity contribution in [3.05, 3.63) is 11.8 Å². The summed E-state index contributed by atoms with van der Waals surface area (Å²) in [7, 11) is 0. The molecule has 0 amide bonds. The molecule has 5 nitrogen and oxygen atoms in total. The van der Waals surface area contributed by atoms with Gasteiger partial charge in [0.25, 0.3) is 0 Å². The van der Waals surface area contributed by atoms with Gasteiger partial charge in [0, 0.05) is 12.2 Å². The molecule has 0 atom stereocenters. The SMILES string of the molecule is Cc1cc(SC2=NCCN2)nc(N)n1. The molecule has 0 saturated heterocycles. The van der Waals surface area contributed by atoms with E-state index in [1.807, 2.05) is 13.0 Å². The minimum atomic E-state index is 0.311. The Morgan fingerprint density at radius 3 is 3.00 bits per heavy atom. The van der Waals surface area contributed by atoms with E-state index in [0.29, 0.717) is 5.95 Å². The Labute approximate surface area is 86.2 Å². The van der Waals surface area contributed by atoms with Crippen LogP contribution in [0.15, 0.2) is 16.1 Å². The Balaban J connectivity index is 2.15. The lowest BCUT2D eigenvalue weighted by Gasteiger charge is -2.02. The molecule has 1 aromatic heterocycles. The fourth-order valence-corrected chi connectivity index (χ4v) is 2.05. The van der Waals surface area contributed by atoms with Gasteiger partial charge in [0.15, 0.2) is 5.17 Å². The molecule has 0 aromatic carbocycles. The molecule has 1 aliphatic heterocycles. The second-order valence-corrected chi connectivity index (χ2v) is 3.93. The van der Waals surface area contributed by atoms with E-state index in [2.05, 4.69) is 20.3 Å². The molecule has 0 radical (unpaired) electrons. The Morgan fingerprint density at radius 2 is 2.36 bits per heavy atom. The van der Waals surface area contributed by atoms with E-state index in [1.54, 1.807) is 0 Å². The first-order chi connectivity index (χ1) is 6.74. The Kier molecular flexibility index (Phi) is 2.53. The highest BCUT2D eigenvalue weighted by Crippen LogP contribution is 2.18. The number of rotatable bonds is 1. The van der Waals surface area contributed by atoms with E-state index >= 15 is 0 Å². The molecule has 14 heavy (non-hydrogen) atoms. The number of nitrogens with one attached hydrogen (secondary N) is 1. The highest BCUT2D eigenvalue weighted by molar-refractivity contribution is 8.13. The van der Waals surface area contributed by atoms with Gasteiger partial charge in [-0.2, -0.15) is 0 Å². The standard InChI is InChI=1S/C8H11N5S/c1-5-4-6(13-7(9)12-5)14-8-10-2-3-11-8/h4H,2-3H2,1H3,(H,10,11)(H2,9,12,13). The van der Waals surface area contributed by atoms with Gasteiger partial charge in [-0.3, -0.25) is 4.99 Å². The lowest BCUT2D eigenvalue weighted by Crippen LogP contribution is -2.15. The number of amidine groups is 1. The summed E-state index contributed by atoms with van der Waals surface area (Å²) in [5.41, 5.74) is 6.41. The summed E-state index contributed by atoms with van der Waals surface area (Å²) >= 11 is 1.49. The predicted octanol–water partition coefficient (Wildman–Crippen LogP) is 0.419. The second kappa shape index (κ2) is 3.83. The fraction of sp³-hybridized carbons (Fsp3) is 0.375. The van der Waals surface area contributed by atoms with Gasteiger partial charge in [0.2, 0.25) is 5.95 Å². The molecule has 0 unspecified atom stereocenters. The molecular formula is C8H11N5S. The Hall–Kier alpha value is -1.30. The molecular weight excluding hydrogens is 198 g/mol. The zero-order valence-electron chi connectivity index (χ0n) is 7.82. The first-order valence-corrected chi connectivity index (χ1v) is 5.13. The third-order valence-corrected chi connectivity index (χ3v) is 2.58. The van der Waals surface area contributed by atoms with Gasteiger partial charge in [0.1, 0.15) is 5.03 Å². The molecule has 0 fully saturated rings. The number of anilines is 1. The lowest BCUT2D eigenvalue weighted by molar-refractivity contribution is 0.963. The topological polar surface area (TPSA) is 76.2 Å². The molecule has 1 aliphatic rings. The maximum atomic E-state index is 5.54. The monoisotopic (exact) mass is 209 g/mol. The maximum absolute atomic E-state index is 5.54. The van der Waals surface area contributed by atoms with Crippen molar-refractivity contribution in [3.8, 4) is 0 Å². The Morgan fingerprint density at radius 1 is 1.50 bits per heavy atom. The van der Waals surface area contributed by atoms with Crippen LogP contribution in [-0.2, 0) is 0 Å². The number of aliphatic imine (C=N–C) groups is 1. The molecule has 0 bridgehead atoms. The normalized spacial score (nSPS) is 15.1. The van der Waals surface area contributed by atoms with Crippen LogP contribution in [0.3, 0.4) is 0 Å². The number of hydrogen-bond donors (Lipinski definition) is 2. The molecule has 3 N–H and O–H groups in total. The number of nitrogen functional groups attached to an aromatic ring is 1. The van der Waals surface area contributed by atoms with Crippen LogP contribution in [0, 0.1) is 6.92 Å². The van der Waals surface area contributed by atoms with E-state index in [0.717, 1.165) is 29.0 Å². The molecule has 1 aromatic rings. The molecule has 0 aliphatic carbocycles. The van der Waals surface area contributed by atoms with Gasteiger partial charge in [-0.15, -0.1) is 0 Å². The van der Waals surface area contributed by atoms with Crippen LogP contribution in [0.5, 0.6) is 0 Å². The first kappa shape index (κ1) is 9.26. The summed E-state index contributed by atoms with van der Waals surface area (Å²) in [4.78, 5) is 12.4. The number of nitrogens with two attached hydrogens (primary N) is 1. The van der Waals surface area contributed by atoms with Crippen molar-refractivity contribution < 1.29 is 0 Å². The number of aromatic nitrogens is 2. The van der Waals surface area contributed by atoms with Gasteiger partial charge >= 0.3 is 0 Å². The maximum Gasteiger partial charge on any atom is 0.221 e. The molecule has 6 heteroatoms. The van der Waals surface area contributed by atoms with Gasteiger partial charge in [-0.25, -0.2) is 9.97 Å². The van der Waals surface area contributed by atoms with Crippen LogP contribution in [-0.4, -0.2) is 28.2 Å². The number of aryl methyl sites for hydroxylation is 1. The third-order valence-electron chi connectivity index (χ3n) is 1.69. The van der Waals surface area contributed by atoms with Crippen LogP contribution in [0.4, 0.5) is 5.95 Å². The average Bonchev–Trinajstić information content (AvgIpc) is 2.54. The van der Waals surface area contributed by atoms with Crippen LogP contribution in [0.1, 0.15) is 5.69 Å². The molecule has 2 heterocycles. The van der Waals surface area contributed by atoms with Crippen molar-refractivity contribution in [2.24, 2.45) is 4.99 Å². The highest BCUT2D eigenvalue weighted by Gasteiger charge is 2.08.